The van der Waals surface area contributed by atoms with E-state index in [1.165, 1.54) is 71.1 Å². The fourth-order valence-electron chi connectivity index (χ4n) is 3.57. The number of alkyl halides is 3. The Hall–Kier alpha value is -2.05. The van der Waals surface area contributed by atoms with E-state index in [2.05, 4.69) is 12.2 Å². The van der Waals surface area contributed by atoms with Gasteiger partial charge in [0.15, 0.2) is 0 Å². The van der Waals surface area contributed by atoms with Crippen LogP contribution in [0.25, 0.3) is 0 Å². The van der Waals surface area contributed by atoms with Crippen molar-refractivity contribution < 1.29 is 27.5 Å². The second-order valence-electron chi connectivity index (χ2n) is 8.68. The van der Waals surface area contributed by atoms with E-state index in [9.17, 15) is 22.8 Å². The molecule has 0 saturated heterocycles. The average molecular weight is 472 g/mol. The summed E-state index contributed by atoms with van der Waals surface area (Å²) in [6.45, 7) is 4.03. The zero-order valence-electron chi connectivity index (χ0n) is 20.1. The summed E-state index contributed by atoms with van der Waals surface area (Å²) in [5, 5.41) is 2.46. The minimum Gasteiger partial charge on any atom is -0.464 e. The Kier molecular flexibility index (Phi) is 14.5. The van der Waals surface area contributed by atoms with E-state index in [0.717, 1.165) is 43.5 Å². The van der Waals surface area contributed by atoms with Crippen molar-refractivity contribution in [2.24, 2.45) is 0 Å². The molecular formula is C26H40F3NO3. The van der Waals surface area contributed by atoms with Crippen LogP contribution in [0.2, 0.25) is 0 Å². The fraction of sp³-hybridized carbons (Fsp3) is 0.692. The molecule has 1 N–H and O–H groups in total. The van der Waals surface area contributed by atoms with Crippen molar-refractivity contribution in [2.75, 3.05) is 6.61 Å². The number of rotatable bonds is 17. The molecule has 1 rings (SSSR count). The van der Waals surface area contributed by atoms with Crippen LogP contribution in [0.15, 0.2) is 24.3 Å². The molecule has 1 atom stereocenters. The van der Waals surface area contributed by atoms with Crippen LogP contribution in [0.4, 0.5) is 13.2 Å². The highest BCUT2D eigenvalue weighted by atomic mass is 19.4. The molecule has 1 unspecified atom stereocenters. The minimum absolute atomic E-state index is 0.0548. The van der Waals surface area contributed by atoms with Crippen LogP contribution < -0.4 is 5.32 Å². The molecule has 0 heterocycles. The van der Waals surface area contributed by atoms with Crippen LogP contribution >= 0.6 is 0 Å². The van der Waals surface area contributed by atoms with Crippen LogP contribution in [0.3, 0.4) is 0 Å². The van der Waals surface area contributed by atoms with Crippen molar-refractivity contribution in [3.8, 4) is 0 Å². The first kappa shape index (κ1) is 29.0. The van der Waals surface area contributed by atoms with E-state index in [0.29, 0.717) is 6.61 Å². The van der Waals surface area contributed by atoms with E-state index in [-0.39, 0.29) is 5.56 Å². The maximum Gasteiger partial charge on any atom is 0.416 e. The molecule has 1 aromatic carbocycles. The van der Waals surface area contributed by atoms with Crippen LogP contribution in [0.1, 0.15) is 113 Å². The molecule has 0 saturated carbocycles. The summed E-state index contributed by atoms with van der Waals surface area (Å²) in [6, 6.07) is 2.98. The summed E-state index contributed by atoms with van der Waals surface area (Å²) in [5.41, 5.74) is -0.775. The Labute approximate surface area is 196 Å². The molecule has 0 spiro atoms. The molecule has 0 fully saturated rings. The normalized spacial score (nSPS) is 12.4. The number of nitrogens with one attached hydrogen (secondary N) is 1. The van der Waals surface area contributed by atoms with Crippen molar-refractivity contribution in [3.63, 3.8) is 0 Å². The molecule has 0 bridgehead atoms. The quantitative estimate of drug-likeness (QED) is 0.189. The van der Waals surface area contributed by atoms with Crippen LogP contribution in [-0.2, 0) is 15.7 Å². The molecule has 0 radical (unpaired) electrons. The predicted octanol–water partition coefficient (Wildman–Crippen LogP) is 7.46. The second-order valence-corrected chi connectivity index (χ2v) is 8.68. The van der Waals surface area contributed by atoms with Crippen molar-refractivity contribution in [2.45, 2.75) is 110 Å². The highest BCUT2D eigenvalue weighted by Gasteiger charge is 2.30. The second kappa shape index (κ2) is 16.5. The molecule has 33 heavy (non-hydrogen) atoms. The number of benzene rings is 1. The lowest BCUT2D eigenvalue weighted by atomic mass is 10.0. The van der Waals surface area contributed by atoms with Gasteiger partial charge in [-0.1, -0.05) is 84.0 Å². The van der Waals surface area contributed by atoms with E-state index < -0.39 is 29.7 Å². The molecule has 4 nitrogen and oxygen atoms in total. The summed E-state index contributed by atoms with van der Waals surface area (Å²) in [7, 11) is 0. The Balaban J connectivity index is 2.07. The highest BCUT2D eigenvalue weighted by Crippen LogP contribution is 2.29. The maximum atomic E-state index is 12.6. The monoisotopic (exact) mass is 471 g/mol. The van der Waals surface area contributed by atoms with Gasteiger partial charge in [-0.15, -0.1) is 0 Å². The molecule has 188 valence electrons. The molecule has 0 aliphatic carbocycles. The van der Waals surface area contributed by atoms with Gasteiger partial charge in [-0.05, 0) is 37.6 Å². The van der Waals surface area contributed by atoms with Gasteiger partial charge in [0, 0.05) is 5.56 Å². The Morgan fingerprint density at radius 3 is 1.73 bits per heavy atom. The lowest BCUT2D eigenvalue weighted by Gasteiger charge is -2.14. The van der Waals surface area contributed by atoms with Gasteiger partial charge < -0.3 is 10.1 Å². The Morgan fingerprint density at radius 2 is 1.27 bits per heavy atom. The Morgan fingerprint density at radius 1 is 0.818 bits per heavy atom. The third-order valence-corrected chi connectivity index (χ3v) is 5.67. The average Bonchev–Trinajstić information content (AvgIpc) is 2.78. The zero-order chi connectivity index (χ0) is 24.5. The smallest absolute Gasteiger partial charge is 0.416 e. The summed E-state index contributed by atoms with van der Waals surface area (Å²) in [6.07, 6.45) is 11.6. The summed E-state index contributed by atoms with van der Waals surface area (Å²) in [5.74, 6) is -1.16. The van der Waals surface area contributed by atoms with E-state index in [1.54, 1.807) is 0 Å². The van der Waals surface area contributed by atoms with Gasteiger partial charge in [-0.25, -0.2) is 4.79 Å². The number of hydrogen-bond acceptors (Lipinski definition) is 3. The lowest BCUT2D eigenvalue weighted by Crippen LogP contribution is -2.39. The van der Waals surface area contributed by atoms with Gasteiger partial charge in [-0.3, -0.25) is 4.79 Å². The number of ether oxygens (including phenoxy) is 1. The SMILES string of the molecule is CCCCCCCCCCCCCCCOC(=O)C(C)NC(=O)c1ccc(C(F)(F)F)cc1. The van der Waals surface area contributed by atoms with Gasteiger partial charge in [-0.2, -0.15) is 13.2 Å². The third kappa shape index (κ3) is 13.3. The standard InChI is InChI=1S/C26H40F3NO3/c1-3-4-5-6-7-8-9-10-11-12-13-14-15-20-33-25(32)21(2)30-24(31)22-16-18-23(19-17-22)26(27,28)29/h16-19,21H,3-15,20H2,1-2H3,(H,30,31). The number of carbonyl (C=O) groups is 2. The summed E-state index contributed by atoms with van der Waals surface area (Å²) >= 11 is 0. The number of halogens is 3. The first-order valence-electron chi connectivity index (χ1n) is 12.4. The zero-order valence-corrected chi connectivity index (χ0v) is 20.1. The first-order chi connectivity index (χ1) is 15.8. The van der Waals surface area contributed by atoms with Gasteiger partial charge in [0.2, 0.25) is 0 Å². The van der Waals surface area contributed by atoms with Gasteiger partial charge in [0.05, 0.1) is 12.2 Å². The number of unbranched alkanes of at least 4 members (excludes halogenated alkanes) is 12. The number of amides is 1. The van der Waals surface area contributed by atoms with Crippen molar-refractivity contribution in [1.29, 1.82) is 0 Å². The van der Waals surface area contributed by atoms with Gasteiger partial charge in [0.25, 0.3) is 5.91 Å². The first-order valence-corrected chi connectivity index (χ1v) is 12.4. The van der Waals surface area contributed by atoms with Crippen molar-refractivity contribution in [3.05, 3.63) is 35.4 Å². The largest absolute Gasteiger partial charge is 0.464 e. The molecular weight excluding hydrogens is 431 g/mol. The highest BCUT2D eigenvalue weighted by molar-refractivity contribution is 5.96. The maximum absolute atomic E-state index is 12.6. The van der Waals surface area contributed by atoms with Crippen molar-refractivity contribution >= 4 is 11.9 Å². The van der Waals surface area contributed by atoms with Crippen LogP contribution in [0.5, 0.6) is 0 Å². The Bertz CT molecular complexity index is 674. The van der Waals surface area contributed by atoms with Crippen LogP contribution in [0, 0.1) is 0 Å². The molecule has 0 aromatic heterocycles. The molecule has 7 heteroatoms. The lowest BCUT2D eigenvalue weighted by molar-refractivity contribution is -0.145. The van der Waals surface area contributed by atoms with Gasteiger partial charge in [0.1, 0.15) is 6.04 Å². The molecule has 1 amide bonds. The third-order valence-electron chi connectivity index (χ3n) is 5.67. The fourth-order valence-corrected chi connectivity index (χ4v) is 3.57. The van der Waals surface area contributed by atoms with Gasteiger partial charge >= 0.3 is 12.1 Å². The number of carbonyl (C=O) groups excluding carboxylic acids is 2. The summed E-state index contributed by atoms with van der Waals surface area (Å²) < 4.78 is 43.0. The minimum atomic E-state index is -4.46. The molecule has 0 aliphatic heterocycles. The molecule has 0 aliphatic rings. The van der Waals surface area contributed by atoms with E-state index in [4.69, 9.17) is 4.74 Å². The predicted molar refractivity (Wildman–Crippen MR) is 125 cm³/mol. The summed E-state index contributed by atoms with van der Waals surface area (Å²) in [4.78, 5) is 24.2. The van der Waals surface area contributed by atoms with Crippen molar-refractivity contribution in [1.82, 2.24) is 5.32 Å². The van der Waals surface area contributed by atoms with Crippen LogP contribution in [-0.4, -0.2) is 24.5 Å². The number of hydrogen-bond donors (Lipinski definition) is 1. The number of esters is 1. The van der Waals surface area contributed by atoms with E-state index in [1.807, 2.05) is 0 Å². The topological polar surface area (TPSA) is 55.4 Å². The molecule has 1 aromatic rings. The van der Waals surface area contributed by atoms with E-state index >= 15 is 0 Å².